The Kier molecular flexibility index (Phi) is 6.94. The monoisotopic (exact) mass is 457 g/mol. The Hall–Kier alpha value is -2.36. The van der Waals surface area contributed by atoms with E-state index in [1.807, 2.05) is 4.90 Å². The number of halogens is 2. The SMILES string of the molecule is COc1c(N2CC[C@H](N)C(C)(C)C2)c(F)cc2c(=O)c(C(=O)O)cn(C3CC3)c12.Cl.O. The summed E-state index contributed by atoms with van der Waals surface area (Å²) >= 11 is 0. The van der Waals surface area contributed by atoms with E-state index in [-0.39, 0.29) is 52.1 Å². The summed E-state index contributed by atoms with van der Waals surface area (Å²) in [5, 5.41) is 9.46. The van der Waals surface area contributed by atoms with Crippen LogP contribution in [0.2, 0.25) is 0 Å². The van der Waals surface area contributed by atoms with Crippen molar-refractivity contribution in [3.8, 4) is 5.75 Å². The second-order valence-electron chi connectivity index (χ2n) is 8.76. The molecule has 8 nitrogen and oxygen atoms in total. The van der Waals surface area contributed by atoms with Crippen LogP contribution in [0.25, 0.3) is 10.9 Å². The Labute approximate surface area is 185 Å². The number of hydrogen-bond acceptors (Lipinski definition) is 5. The molecule has 0 bridgehead atoms. The maximum absolute atomic E-state index is 15.3. The van der Waals surface area contributed by atoms with E-state index in [1.54, 1.807) is 4.57 Å². The summed E-state index contributed by atoms with van der Waals surface area (Å²) in [5.74, 6) is -1.64. The minimum absolute atomic E-state index is 0. The number of methoxy groups -OCH3 is 1. The molecule has 0 spiro atoms. The number of carbonyl (C=O) groups is 1. The number of nitrogens with zero attached hydrogens (tertiary/aromatic N) is 2. The van der Waals surface area contributed by atoms with E-state index in [2.05, 4.69) is 13.8 Å². The highest BCUT2D eigenvalue weighted by atomic mass is 35.5. The van der Waals surface area contributed by atoms with Crippen molar-refractivity contribution in [2.75, 3.05) is 25.1 Å². The van der Waals surface area contributed by atoms with Gasteiger partial charge < -0.3 is 30.5 Å². The van der Waals surface area contributed by atoms with Gasteiger partial charge in [0.05, 0.1) is 18.0 Å². The van der Waals surface area contributed by atoms with E-state index in [9.17, 15) is 14.7 Å². The smallest absolute Gasteiger partial charge is 0.341 e. The zero-order valence-corrected chi connectivity index (χ0v) is 18.6. The molecule has 5 N–H and O–H groups in total. The largest absolute Gasteiger partial charge is 0.492 e. The molecule has 2 heterocycles. The molecule has 1 aliphatic heterocycles. The summed E-state index contributed by atoms with van der Waals surface area (Å²) < 4.78 is 22.7. The Morgan fingerprint density at radius 2 is 1.97 bits per heavy atom. The number of aromatic carboxylic acids is 1. The van der Waals surface area contributed by atoms with Crippen LogP contribution < -0.4 is 20.8 Å². The van der Waals surface area contributed by atoms with Crippen molar-refractivity contribution in [3.63, 3.8) is 0 Å². The fourth-order valence-corrected chi connectivity index (χ4v) is 4.29. The number of hydrogen-bond donors (Lipinski definition) is 2. The lowest BCUT2D eigenvalue weighted by Gasteiger charge is -2.44. The average molecular weight is 458 g/mol. The lowest BCUT2D eigenvalue weighted by Crippen LogP contribution is -2.52. The zero-order chi connectivity index (χ0) is 21.1. The minimum Gasteiger partial charge on any atom is -0.492 e. The summed E-state index contributed by atoms with van der Waals surface area (Å²) in [4.78, 5) is 26.3. The molecule has 0 radical (unpaired) electrons. The third kappa shape index (κ3) is 4.09. The van der Waals surface area contributed by atoms with Crippen LogP contribution in [0.4, 0.5) is 10.1 Å². The van der Waals surface area contributed by atoms with Crippen LogP contribution >= 0.6 is 12.4 Å². The van der Waals surface area contributed by atoms with Gasteiger partial charge in [-0.2, -0.15) is 0 Å². The molecule has 0 unspecified atom stereocenters. The summed E-state index contributed by atoms with van der Waals surface area (Å²) in [6.45, 7) is 5.22. The molecule has 172 valence electrons. The maximum atomic E-state index is 15.3. The van der Waals surface area contributed by atoms with Crippen molar-refractivity contribution >= 4 is 35.0 Å². The molecule has 0 amide bonds. The molecular formula is C21H29ClFN3O5. The number of carboxylic acid groups (broad SMARTS) is 1. The van der Waals surface area contributed by atoms with Gasteiger partial charge in [0.1, 0.15) is 11.3 Å². The second-order valence-corrected chi connectivity index (χ2v) is 8.76. The van der Waals surface area contributed by atoms with Crippen molar-refractivity contribution in [1.29, 1.82) is 0 Å². The highest BCUT2D eigenvalue weighted by Crippen LogP contribution is 2.45. The van der Waals surface area contributed by atoms with Crippen LogP contribution in [-0.2, 0) is 0 Å². The van der Waals surface area contributed by atoms with Gasteiger partial charge in [-0.15, -0.1) is 12.4 Å². The highest BCUT2D eigenvalue weighted by Gasteiger charge is 2.37. The molecule has 1 saturated carbocycles. The van der Waals surface area contributed by atoms with Crippen LogP contribution in [0.1, 0.15) is 49.5 Å². The Morgan fingerprint density at radius 3 is 2.48 bits per heavy atom. The van der Waals surface area contributed by atoms with Gasteiger partial charge in [0.2, 0.25) is 5.43 Å². The number of carboxylic acids is 1. The Bertz CT molecular complexity index is 1070. The van der Waals surface area contributed by atoms with E-state index < -0.39 is 17.2 Å². The number of ether oxygens (including phenoxy) is 1. The molecular weight excluding hydrogens is 429 g/mol. The molecule has 1 aromatic carbocycles. The predicted molar refractivity (Wildman–Crippen MR) is 119 cm³/mol. The summed E-state index contributed by atoms with van der Waals surface area (Å²) in [7, 11) is 1.45. The summed E-state index contributed by atoms with van der Waals surface area (Å²) in [5.41, 5.74) is 5.72. The van der Waals surface area contributed by atoms with Gasteiger partial charge in [-0.25, -0.2) is 9.18 Å². The van der Waals surface area contributed by atoms with Gasteiger partial charge in [0, 0.05) is 31.4 Å². The third-order valence-electron chi connectivity index (χ3n) is 6.20. The molecule has 10 heteroatoms. The van der Waals surface area contributed by atoms with Gasteiger partial charge in [-0.3, -0.25) is 4.79 Å². The standard InChI is InChI=1S/C21H26FN3O4.ClH.H2O/c1-21(2)10-24(7-6-15(21)23)17-14(22)8-12-16(19(17)29-3)25(11-4-5-11)9-13(18(12)26)20(27)28;;/h8-9,11,15H,4-7,10,23H2,1-3H3,(H,27,28);1H;1H2/t15-;;/m0../s1. The first-order chi connectivity index (χ1) is 13.7. The van der Waals surface area contributed by atoms with E-state index in [4.69, 9.17) is 10.5 Å². The lowest BCUT2D eigenvalue weighted by molar-refractivity contribution is 0.0694. The number of anilines is 1. The quantitative estimate of drug-likeness (QED) is 0.724. The predicted octanol–water partition coefficient (Wildman–Crippen LogP) is 2.34. The molecule has 2 aromatic rings. The average Bonchev–Trinajstić information content (AvgIpc) is 3.48. The first kappa shape index (κ1) is 24.9. The van der Waals surface area contributed by atoms with Gasteiger partial charge in [-0.05, 0) is 30.7 Å². The number of nitrogens with two attached hydrogens (primary N) is 1. The normalized spacial score (nSPS) is 20.0. The summed E-state index contributed by atoms with van der Waals surface area (Å²) in [6.07, 6.45) is 3.82. The van der Waals surface area contributed by atoms with E-state index in [1.165, 1.54) is 13.3 Å². The fourth-order valence-electron chi connectivity index (χ4n) is 4.29. The van der Waals surface area contributed by atoms with Crippen LogP contribution in [-0.4, -0.2) is 47.4 Å². The van der Waals surface area contributed by atoms with Crippen molar-refractivity contribution in [2.45, 2.75) is 45.2 Å². The van der Waals surface area contributed by atoms with E-state index in [0.717, 1.165) is 18.9 Å². The van der Waals surface area contributed by atoms with Crippen LogP contribution in [0.15, 0.2) is 17.1 Å². The lowest BCUT2D eigenvalue weighted by atomic mass is 9.79. The van der Waals surface area contributed by atoms with E-state index >= 15 is 4.39 Å². The molecule has 31 heavy (non-hydrogen) atoms. The van der Waals surface area contributed by atoms with Gasteiger partial charge >= 0.3 is 5.97 Å². The number of piperidine rings is 1. The zero-order valence-electron chi connectivity index (χ0n) is 17.8. The van der Waals surface area contributed by atoms with Crippen LogP contribution in [0, 0.1) is 11.2 Å². The first-order valence-electron chi connectivity index (χ1n) is 9.85. The van der Waals surface area contributed by atoms with Gasteiger partial charge in [0.15, 0.2) is 11.6 Å². The Balaban J connectivity index is 0.00000171. The maximum Gasteiger partial charge on any atom is 0.341 e. The molecule has 1 aliphatic carbocycles. The topological polar surface area (TPSA) is 129 Å². The van der Waals surface area contributed by atoms with Crippen LogP contribution in [0.5, 0.6) is 5.75 Å². The molecule has 1 saturated heterocycles. The summed E-state index contributed by atoms with van der Waals surface area (Å²) in [6, 6.07) is 1.24. The number of rotatable bonds is 4. The van der Waals surface area contributed by atoms with Crippen molar-refractivity contribution in [3.05, 3.63) is 33.9 Å². The molecule has 4 rings (SSSR count). The minimum atomic E-state index is -1.32. The van der Waals surface area contributed by atoms with Crippen molar-refractivity contribution in [1.82, 2.24) is 4.57 Å². The first-order valence-corrected chi connectivity index (χ1v) is 9.85. The second kappa shape index (κ2) is 8.64. The molecule has 1 atom stereocenters. The van der Waals surface area contributed by atoms with Crippen molar-refractivity contribution in [2.24, 2.45) is 11.1 Å². The Morgan fingerprint density at radius 1 is 1.32 bits per heavy atom. The van der Waals surface area contributed by atoms with Gasteiger partial charge in [0.25, 0.3) is 0 Å². The fraction of sp³-hybridized carbons (Fsp3) is 0.524. The molecule has 1 aromatic heterocycles. The number of pyridine rings is 1. The molecule has 2 fully saturated rings. The number of aromatic nitrogens is 1. The van der Waals surface area contributed by atoms with Crippen molar-refractivity contribution < 1.29 is 24.5 Å². The number of benzene rings is 1. The third-order valence-corrected chi connectivity index (χ3v) is 6.20. The van der Waals surface area contributed by atoms with E-state index in [0.29, 0.717) is 30.7 Å². The van der Waals surface area contributed by atoms with Crippen LogP contribution in [0.3, 0.4) is 0 Å². The number of fused-ring (bicyclic) bond motifs is 1. The molecule has 2 aliphatic rings. The highest BCUT2D eigenvalue weighted by molar-refractivity contribution is 5.97. The van der Waals surface area contributed by atoms with Gasteiger partial charge in [-0.1, -0.05) is 13.8 Å².